The third kappa shape index (κ3) is 4.53. The fourth-order valence-corrected chi connectivity index (χ4v) is 7.86. The molecule has 0 saturated heterocycles. The fourth-order valence-electron chi connectivity index (χ4n) is 5.27. The van der Waals surface area contributed by atoms with Crippen molar-refractivity contribution < 1.29 is 9.59 Å². The van der Waals surface area contributed by atoms with Gasteiger partial charge >= 0.3 is 258 Å². The molecule has 7 rings (SSSR count). The molecule has 0 fully saturated rings. The van der Waals surface area contributed by atoms with Crippen molar-refractivity contribution in [2.75, 3.05) is 4.90 Å². The number of anilines is 3. The Kier molecular flexibility index (Phi) is 6.62. The van der Waals surface area contributed by atoms with E-state index >= 15 is 0 Å². The number of halogens is 3. The quantitative estimate of drug-likeness (QED) is 0.108. The molecule has 6 aromatic rings. The van der Waals surface area contributed by atoms with Gasteiger partial charge in [-0.3, -0.25) is 0 Å². The Bertz CT molecular complexity index is 2040. The Morgan fingerprint density at radius 1 is 0.610 bits per heavy atom. The van der Waals surface area contributed by atoms with E-state index in [-0.39, 0.29) is 31.6 Å². The summed E-state index contributed by atoms with van der Waals surface area (Å²) >= 11 is 19.1. The molecule has 0 aliphatic heterocycles. The summed E-state index contributed by atoms with van der Waals surface area (Å²) in [4.78, 5) is 28.9. The molecule has 1 aromatic heterocycles. The summed E-state index contributed by atoms with van der Waals surface area (Å²) in [6.45, 7) is 0. The van der Waals surface area contributed by atoms with Crippen molar-refractivity contribution >= 4 is 104 Å². The molecule has 0 bridgehead atoms. The Morgan fingerprint density at radius 3 is 1.93 bits per heavy atom. The van der Waals surface area contributed by atoms with Crippen LogP contribution < -0.4 is 4.90 Å². The summed E-state index contributed by atoms with van der Waals surface area (Å²) in [5, 5.41) is 5.38. The molecule has 5 aromatic carbocycles. The molecule has 1 aliphatic rings. The molecule has 0 spiro atoms. The second kappa shape index (κ2) is 10.3. The number of fused-ring (bicyclic) bond motifs is 3. The van der Waals surface area contributed by atoms with Gasteiger partial charge in [-0.25, -0.2) is 0 Å². The normalized spacial score (nSPS) is 12.8. The van der Waals surface area contributed by atoms with Crippen LogP contribution in [0.5, 0.6) is 0 Å². The number of benzene rings is 5. The molecule has 41 heavy (non-hydrogen) atoms. The molecule has 0 radical (unpaired) electrons. The van der Waals surface area contributed by atoms with E-state index < -0.39 is 0 Å². The van der Waals surface area contributed by atoms with Crippen LogP contribution >= 0.6 is 34.8 Å². The predicted molar refractivity (Wildman–Crippen MR) is 171 cm³/mol. The average Bonchev–Trinajstić information content (AvgIpc) is 3.54. The first-order chi connectivity index (χ1) is 19.9. The van der Waals surface area contributed by atoms with E-state index in [4.69, 9.17) is 34.8 Å². The number of Topliss-reactive ketones (excluding diaryl/α,β-unsaturated/α-hetero) is 2. The van der Waals surface area contributed by atoms with Gasteiger partial charge in [0.25, 0.3) is 0 Å². The summed E-state index contributed by atoms with van der Waals surface area (Å²) in [6, 6.07) is 32.8. The van der Waals surface area contributed by atoms with Gasteiger partial charge in [-0.05, 0) is 0 Å². The molecular weight excluding hydrogens is 640 g/mol. The summed E-state index contributed by atoms with van der Waals surface area (Å²) in [5.74, 6) is -0.461. The van der Waals surface area contributed by atoms with Gasteiger partial charge in [-0.2, -0.15) is 0 Å². The fraction of sp³-hybridized carbons (Fsp3) is 0. The van der Waals surface area contributed by atoms with Gasteiger partial charge in [0.05, 0.1) is 0 Å². The van der Waals surface area contributed by atoms with E-state index in [9.17, 15) is 9.59 Å². The molecule has 3 nitrogen and oxygen atoms in total. The number of allylic oxidation sites excluding steroid dienone is 1. The van der Waals surface area contributed by atoms with Crippen LogP contribution in [-0.2, 0) is 0 Å². The topological polar surface area (TPSA) is 37.4 Å². The number of hydrogen-bond acceptors (Lipinski definition) is 3. The molecule has 0 unspecified atom stereocenters. The Hall–Kier alpha value is -3.63. The van der Waals surface area contributed by atoms with Gasteiger partial charge in [-0.15, -0.1) is 0 Å². The summed E-state index contributed by atoms with van der Waals surface area (Å²) in [5.41, 5.74) is 2.91. The Morgan fingerprint density at radius 2 is 1.24 bits per heavy atom. The molecule has 198 valence electrons. The van der Waals surface area contributed by atoms with Crippen molar-refractivity contribution in [2.45, 2.75) is 0 Å². The molecular formula is C34H18Cl3NO2Se. The van der Waals surface area contributed by atoms with Gasteiger partial charge in [-0.1, -0.05) is 0 Å². The van der Waals surface area contributed by atoms with Crippen LogP contribution in [0.3, 0.4) is 0 Å². The SMILES string of the molecule is O=C1C(=Cc2ccc(N(c3ccc(Cl)c(Cl)c3)c3ccc(Cl)c4ccccc34)[se]2)C(=O)c2cc3ccccc3cc21. The van der Waals surface area contributed by atoms with E-state index in [1.54, 1.807) is 12.1 Å². The maximum atomic E-state index is 13.4. The zero-order valence-electron chi connectivity index (χ0n) is 21.2. The van der Waals surface area contributed by atoms with Crippen LogP contribution in [0.25, 0.3) is 27.6 Å². The molecule has 7 heteroatoms. The predicted octanol–water partition coefficient (Wildman–Crippen LogP) is 9.94. The van der Waals surface area contributed by atoms with Crippen LogP contribution in [0.1, 0.15) is 25.2 Å². The minimum atomic E-state index is -0.231. The van der Waals surface area contributed by atoms with Gasteiger partial charge in [0.15, 0.2) is 0 Å². The molecule has 0 atom stereocenters. The molecule has 0 N–H and O–H groups in total. The van der Waals surface area contributed by atoms with Crippen molar-refractivity contribution in [2.24, 2.45) is 0 Å². The maximum absolute atomic E-state index is 13.4. The van der Waals surface area contributed by atoms with E-state index in [1.807, 2.05) is 97.1 Å². The van der Waals surface area contributed by atoms with Gasteiger partial charge in [0.2, 0.25) is 0 Å². The number of hydrogen-bond donors (Lipinski definition) is 0. The average molecular weight is 658 g/mol. The van der Waals surface area contributed by atoms with Crippen molar-refractivity contribution in [3.63, 3.8) is 0 Å². The monoisotopic (exact) mass is 657 g/mol. The van der Waals surface area contributed by atoms with E-state index in [0.29, 0.717) is 26.2 Å². The standard InChI is InChI=1S/C34H18Cl3NO2Se/c35-28-12-13-31(24-8-4-3-7-23(24)28)38(21-9-11-29(36)30(37)17-21)32-14-10-22(41-32)18-27-33(39)25-15-19-5-1-2-6-20(19)16-26(25)34(27)40/h1-18H. The van der Waals surface area contributed by atoms with Crippen molar-refractivity contribution in [1.29, 1.82) is 0 Å². The first-order valence-electron chi connectivity index (χ1n) is 12.8. The number of ketones is 2. The minimum absolute atomic E-state index is 0.205. The Balaban J connectivity index is 1.34. The first kappa shape index (κ1) is 26.3. The van der Waals surface area contributed by atoms with Crippen LogP contribution in [0.2, 0.25) is 15.1 Å². The zero-order chi connectivity index (χ0) is 28.2. The van der Waals surface area contributed by atoms with Gasteiger partial charge in [0, 0.05) is 0 Å². The third-order valence-electron chi connectivity index (χ3n) is 7.23. The Labute approximate surface area is 256 Å². The first-order valence-corrected chi connectivity index (χ1v) is 15.6. The van der Waals surface area contributed by atoms with E-state index in [1.165, 1.54) is 0 Å². The van der Waals surface area contributed by atoms with Crippen LogP contribution in [0.15, 0.2) is 109 Å². The van der Waals surface area contributed by atoms with Gasteiger partial charge in [0.1, 0.15) is 0 Å². The number of rotatable bonds is 4. The van der Waals surface area contributed by atoms with Crippen LogP contribution in [0, 0.1) is 0 Å². The van der Waals surface area contributed by atoms with Crippen LogP contribution in [0.4, 0.5) is 15.9 Å². The van der Waals surface area contributed by atoms with E-state index in [2.05, 4.69) is 4.90 Å². The summed E-state index contributed by atoms with van der Waals surface area (Å²) in [7, 11) is 0. The number of nitrogens with zero attached hydrogens (tertiary/aromatic N) is 1. The zero-order valence-corrected chi connectivity index (χ0v) is 25.2. The van der Waals surface area contributed by atoms with Gasteiger partial charge < -0.3 is 0 Å². The summed E-state index contributed by atoms with van der Waals surface area (Å²) in [6.07, 6.45) is 1.76. The van der Waals surface area contributed by atoms with Crippen LogP contribution in [-0.4, -0.2) is 26.1 Å². The van der Waals surface area contributed by atoms with E-state index in [0.717, 1.165) is 41.9 Å². The van der Waals surface area contributed by atoms with Crippen molar-refractivity contribution in [3.8, 4) is 0 Å². The molecule has 1 aliphatic carbocycles. The number of carbonyl (C=O) groups excluding carboxylic acids is 2. The van der Waals surface area contributed by atoms with Crippen molar-refractivity contribution in [1.82, 2.24) is 0 Å². The second-order valence-corrected chi connectivity index (χ2v) is 13.2. The number of carbonyl (C=O) groups is 2. The molecule has 0 amide bonds. The third-order valence-corrected chi connectivity index (χ3v) is 10.4. The molecule has 1 heterocycles. The second-order valence-electron chi connectivity index (χ2n) is 9.68. The summed E-state index contributed by atoms with van der Waals surface area (Å²) < 4.78 is 1.93. The molecule has 0 saturated carbocycles. The van der Waals surface area contributed by atoms with Crippen molar-refractivity contribution in [3.05, 3.63) is 139 Å².